The molecule has 0 bridgehead atoms. The van der Waals surface area contributed by atoms with Gasteiger partial charge in [0.15, 0.2) is 0 Å². The van der Waals surface area contributed by atoms with Crippen LogP contribution in [-0.4, -0.2) is 40.5 Å². The Kier molecular flexibility index (Phi) is 8.22. The molecule has 176 valence electrons. The SMILES string of the molecule is Cc1ccc(C=C2C(=O)N(CCOC(c3ccc(Cl)cc3)c3ccc(Cl)cc3)CCS2=O)cc1. The highest BCUT2D eigenvalue weighted by Gasteiger charge is 2.29. The number of ether oxygens (including phenoxy) is 1. The minimum absolute atomic E-state index is 0.205. The summed E-state index contributed by atoms with van der Waals surface area (Å²) in [6.07, 6.45) is 1.40. The van der Waals surface area contributed by atoms with Gasteiger partial charge in [-0.05, 0) is 54.0 Å². The van der Waals surface area contributed by atoms with Crippen LogP contribution >= 0.6 is 23.2 Å². The van der Waals surface area contributed by atoms with E-state index in [0.717, 1.165) is 22.3 Å². The van der Waals surface area contributed by atoms with Crippen LogP contribution in [0.25, 0.3) is 6.08 Å². The van der Waals surface area contributed by atoms with E-state index in [4.69, 9.17) is 27.9 Å². The lowest BCUT2D eigenvalue weighted by Crippen LogP contribution is -2.43. The number of rotatable bonds is 7. The molecule has 1 heterocycles. The van der Waals surface area contributed by atoms with E-state index in [1.165, 1.54) is 0 Å². The van der Waals surface area contributed by atoms with Gasteiger partial charge in [-0.1, -0.05) is 77.3 Å². The fraction of sp³-hybridized carbons (Fsp3) is 0.222. The summed E-state index contributed by atoms with van der Waals surface area (Å²) in [5.74, 6) is 0.213. The Morgan fingerprint density at radius 2 is 1.50 bits per heavy atom. The molecule has 3 aromatic rings. The van der Waals surface area contributed by atoms with Gasteiger partial charge < -0.3 is 9.64 Å². The number of hydrogen-bond acceptors (Lipinski definition) is 3. The van der Waals surface area contributed by atoms with Crippen LogP contribution < -0.4 is 0 Å². The van der Waals surface area contributed by atoms with E-state index >= 15 is 0 Å². The van der Waals surface area contributed by atoms with Crippen molar-refractivity contribution in [1.82, 2.24) is 4.90 Å². The molecule has 1 aliphatic heterocycles. The molecule has 0 aromatic heterocycles. The van der Waals surface area contributed by atoms with Crippen molar-refractivity contribution in [3.8, 4) is 0 Å². The normalized spacial score (nSPS) is 17.5. The topological polar surface area (TPSA) is 46.6 Å². The van der Waals surface area contributed by atoms with Crippen LogP contribution in [0.3, 0.4) is 0 Å². The maximum atomic E-state index is 13.1. The lowest BCUT2D eigenvalue weighted by molar-refractivity contribution is -0.127. The lowest BCUT2D eigenvalue weighted by atomic mass is 10.0. The Hall–Kier alpha value is -2.44. The van der Waals surface area contributed by atoms with E-state index in [1.807, 2.05) is 79.7 Å². The van der Waals surface area contributed by atoms with Gasteiger partial charge in [-0.25, -0.2) is 0 Å². The predicted octanol–water partition coefficient (Wildman–Crippen LogP) is 6.04. The summed E-state index contributed by atoms with van der Waals surface area (Å²) >= 11 is 12.1. The Morgan fingerprint density at radius 3 is 2.06 bits per heavy atom. The molecule has 1 amide bonds. The first kappa shape index (κ1) is 24.7. The molecule has 1 saturated heterocycles. The third kappa shape index (κ3) is 6.16. The minimum Gasteiger partial charge on any atom is -0.367 e. The molecule has 1 fully saturated rings. The van der Waals surface area contributed by atoms with Crippen molar-refractivity contribution < 1.29 is 13.7 Å². The van der Waals surface area contributed by atoms with Crippen molar-refractivity contribution in [3.63, 3.8) is 0 Å². The fourth-order valence-electron chi connectivity index (χ4n) is 3.75. The van der Waals surface area contributed by atoms with Crippen molar-refractivity contribution in [3.05, 3.63) is 110 Å². The van der Waals surface area contributed by atoms with E-state index in [0.29, 0.717) is 40.4 Å². The van der Waals surface area contributed by atoms with Crippen molar-refractivity contribution in [2.75, 3.05) is 25.4 Å². The largest absolute Gasteiger partial charge is 0.367 e. The Balaban J connectivity index is 1.46. The van der Waals surface area contributed by atoms with E-state index in [2.05, 4.69) is 0 Å². The molecule has 0 N–H and O–H groups in total. The van der Waals surface area contributed by atoms with Gasteiger partial charge in [0.25, 0.3) is 5.91 Å². The van der Waals surface area contributed by atoms with E-state index in [1.54, 1.807) is 11.0 Å². The summed E-state index contributed by atoms with van der Waals surface area (Å²) in [6.45, 7) is 3.17. The van der Waals surface area contributed by atoms with Gasteiger partial charge in [0.1, 0.15) is 11.0 Å². The molecular weight excluding hydrogens is 489 g/mol. The smallest absolute Gasteiger partial charge is 0.262 e. The molecule has 1 atom stereocenters. The molecule has 3 aromatic carbocycles. The summed E-state index contributed by atoms with van der Waals surface area (Å²) < 4.78 is 18.8. The molecule has 0 aliphatic carbocycles. The van der Waals surface area contributed by atoms with Gasteiger partial charge >= 0.3 is 0 Å². The maximum Gasteiger partial charge on any atom is 0.262 e. The number of nitrogens with zero attached hydrogens (tertiary/aromatic N) is 1. The van der Waals surface area contributed by atoms with Crippen LogP contribution in [0, 0.1) is 6.92 Å². The third-order valence-corrected chi connectivity index (χ3v) is 7.50. The zero-order valence-electron chi connectivity index (χ0n) is 18.7. The van der Waals surface area contributed by atoms with Crippen molar-refractivity contribution in [2.24, 2.45) is 0 Å². The molecular formula is C27H25Cl2NO3S. The zero-order valence-corrected chi connectivity index (χ0v) is 21.1. The number of halogens is 2. The summed E-state index contributed by atoms with van der Waals surface area (Å²) in [7, 11) is -1.31. The number of carbonyl (C=O) groups excluding carboxylic acids is 1. The van der Waals surface area contributed by atoms with Gasteiger partial charge in [-0.15, -0.1) is 0 Å². The number of amides is 1. The van der Waals surface area contributed by atoms with Gasteiger partial charge in [0.2, 0.25) is 0 Å². The lowest BCUT2D eigenvalue weighted by Gasteiger charge is -2.29. The highest BCUT2D eigenvalue weighted by molar-refractivity contribution is 7.90. The molecule has 4 rings (SSSR count). The molecule has 1 unspecified atom stereocenters. The summed E-state index contributed by atoms with van der Waals surface area (Å²) in [6, 6.07) is 22.8. The second kappa shape index (κ2) is 11.3. The average Bonchev–Trinajstić information content (AvgIpc) is 2.83. The minimum atomic E-state index is -1.31. The summed E-state index contributed by atoms with van der Waals surface area (Å²) in [4.78, 5) is 15.1. The molecule has 1 aliphatic rings. The van der Waals surface area contributed by atoms with Crippen LogP contribution in [0.5, 0.6) is 0 Å². The molecule has 34 heavy (non-hydrogen) atoms. The first-order valence-corrected chi connectivity index (χ1v) is 13.1. The van der Waals surface area contributed by atoms with Crippen LogP contribution in [0.1, 0.15) is 28.4 Å². The van der Waals surface area contributed by atoms with Gasteiger partial charge in [-0.2, -0.15) is 0 Å². The summed E-state index contributed by atoms with van der Waals surface area (Å²) in [5.41, 5.74) is 3.91. The maximum absolute atomic E-state index is 13.1. The molecule has 4 nitrogen and oxygen atoms in total. The molecule has 0 spiro atoms. The number of aryl methyl sites for hydroxylation is 1. The first-order chi connectivity index (χ1) is 16.4. The fourth-order valence-corrected chi connectivity index (χ4v) is 5.20. The Bertz CT molecular complexity index is 1150. The average molecular weight is 514 g/mol. The van der Waals surface area contributed by atoms with Crippen molar-refractivity contribution >= 4 is 46.0 Å². The highest BCUT2D eigenvalue weighted by atomic mass is 35.5. The van der Waals surface area contributed by atoms with Crippen LogP contribution in [0.15, 0.2) is 77.7 Å². The summed E-state index contributed by atoms with van der Waals surface area (Å²) in [5, 5.41) is 1.30. The first-order valence-electron chi connectivity index (χ1n) is 11.0. The van der Waals surface area contributed by atoms with Crippen LogP contribution in [0.2, 0.25) is 10.0 Å². The Morgan fingerprint density at radius 1 is 0.941 bits per heavy atom. The van der Waals surface area contributed by atoms with E-state index in [-0.39, 0.29) is 12.0 Å². The van der Waals surface area contributed by atoms with Gasteiger partial charge in [0, 0.05) is 28.9 Å². The zero-order chi connectivity index (χ0) is 24.1. The predicted molar refractivity (Wildman–Crippen MR) is 139 cm³/mol. The standard InChI is InChI=1S/C27H25Cl2NO3S/c1-19-2-4-20(5-3-19)18-25-27(31)30(15-17-34(25)32)14-16-33-26(21-6-10-23(28)11-7-21)22-8-12-24(29)13-9-22/h2-13,18,26H,14-17H2,1H3. The van der Waals surface area contributed by atoms with Crippen LogP contribution in [0.4, 0.5) is 0 Å². The quantitative estimate of drug-likeness (QED) is 0.361. The van der Waals surface area contributed by atoms with Crippen LogP contribution in [-0.2, 0) is 20.3 Å². The second-order valence-electron chi connectivity index (χ2n) is 8.12. The Labute approximate surface area is 212 Å². The van der Waals surface area contributed by atoms with Crippen molar-refractivity contribution in [2.45, 2.75) is 13.0 Å². The third-order valence-electron chi connectivity index (χ3n) is 5.66. The molecule has 7 heteroatoms. The second-order valence-corrected chi connectivity index (χ2v) is 10.5. The highest BCUT2D eigenvalue weighted by Crippen LogP contribution is 2.28. The van der Waals surface area contributed by atoms with E-state index < -0.39 is 10.8 Å². The monoisotopic (exact) mass is 513 g/mol. The number of hydrogen-bond donors (Lipinski definition) is 0. The van der Waals surface area contributed by atoms with Crippen molar-refractivity contribution in [1.29, 1.82) is 0 Å². The molecule has 0 saturated carbocycles. The molecule has 0 radical (unpaired) electrons. The van der Waals surface area contributed by atoms with Gasteiger partial charge in [0.05, 0.1) is 17.4 Å². The number of benzene rings is 3. The number of carbonyl (C=O) groups is 1. The van der Waals surface area contributed by atoms with E-state index in [9.17, 15) is 9.00 Å². The van der Waals surface area contributed by atoms with Gasteiger partial charge in [-0.3, -0.25) is 9.00 Å².